The number of aliphatic hydroxyl groups excluding tert-OH is 1. The van der Waals surface area contributed by atoms with Crippen LogP contribution in [0.2, 0.25) is 5.02 Å². The number of aromatic nitrogens is 1. The average molecular weight is 495 g/mol. The number of aliphatic hydroxyl groups is 1. The third kappa shape index (κ3) is 5.41. The summed E-state index contributed by atoms with van der Waals surface area (Å²) in [5.41, 5.74) is 0.119. The lowest BCUT2D eigenvalue weighted by Crippen LogP contribution is -2.48. The number of fused-ring (bicyclic) bond motifs is 1. The topological polar surface area (TPSA) is 54.3 Å². The van der Waals surface area contributed by atoms with Gasteiger partial charge in [0.05, 0.1) is 22.8 Å². The summed E-state index contributed by atoms with van der Waals surface area (Å²) < 4.78 is 41.9. The average Bonchev–Trinajstić information content (AvgIpc) is 3.03. The molecule has 8 heteroatoms. The van der Waals surface area contributed by atoms with Gasteiger partial charge in [-0.25, -0.2) is 0 Å². The summed E-state index contributed by atoms with van der Waals surface area (Å²) in [7, 11) is 0. The first-order valence-corrected chi connectivity index (χ1v) is 11.4. The summed E-state index contributed by atoms with van der Waals surface area (Å²) >= 11 is 6.33. The molecule has 1 heterocycles. The van der Waals surface area contributed by atoms with E-state index in [2.05, 4.69) is 5.32 Å². The molecule has 2 aromatic carbocycles. The van der Waals surface area contributed by atoms with Crippen LogP contribution in [-0.2, 0) is 22.9 Å². The van der Waals surface area contributed by atoms with Crippen molar-refractivity contribution in [3.8, 4) is 11.3 Å². The number of hydrogen-bond donors (Lipinski definition) is 2. The first-order valence-electron chi connectivity index (χ1n) is 11.0. The zero-order valence-corrected chi connectivity index (χ0v) is 20.9. The molecule has 4 nitrogen and oxygen atoms in total. The molecule has 0 fully saturated rings. The highest BCUT2D eigenvalue weighted by atomic mass is 35.5. The molecule has 0 aliphatic rings. The lowest BCUT2D eigenvalue weighted by molar-refractivity contribution is -0.137. The molecule has 1 atom stereocenters. The minimum absolute atomic E-state index is 0.135. The van der Waals surface area contributed by atoms with Crippen molar-refractivity contribution >= 4 is 28.4 Å². The minimum atomic E-state index is -4.52. The van der Waals surface area contributed by atoms with E-state index in [0.717, 1.165) is 28.6 Å². The summed E-state index contributed by atoms with van der Waals surface area (Å²) in [4.78, 5) is 13.0. The van der Waals surface area contributed by atoms with Crippen molar-refractivity contribution in [1.82, 2.24) is 9.88 Å². The molecule has 1 unspecified atom stereocenters. The van der Waals surface area contributed by atoms with Gasteiger partial charge in [-0.3, -0.25) is 4.79 Å². The van der Waals surface area contributed by atoms with E-state index in [1.165, 1.54) is 6.07 Å². The van der Waals surface area contributed by atoms with E-state index >= 15 is 0 Å². The summed E-state index contributed by atoms with van der Waals surface area (Å²) in [5.74, 6) is -0.135. The van der Waals surface area contributed by atoms with E-state index in [1.807, 2.05) is 52.8 Å². The van der Waals surface area contributed by atoms with Crippen LogP contribution >= 0.6 is 11.6 Å². The highest BCUT2D eigenvalue weighted by molar-refractivity contribution is 6.33. The number of halogens is 4. The predicted octanol–water partition coefficient (Wildman–Crippen LogP) is 6.55. The standard InChI is InChI=1S/C26H30ClF3N2O2/c1-15(33)14-32-21-10-8-17(25(5,6)23(34)31-24(2,3)4)11-16(21)12-22(32)19-13-18(26(28,29)30)7-9-20(19)27/h7-13,15,33H,14H2,1-6H3,(H,31,34). The SMILES string of the molecule is CC(O)Cn1c(-c2cc(C(F)(F)F)ccc2Cl)cc2cc(C(C)(C)C(=O)NC(C)(C)C)ccc21. The number of amides is 1. The highest BCUT2D eigenvalue weighted by Crippen LogP contribution is 2.39. The maximum Gasteiger partial charge on any atom is 0.416 e. The fourth-order valence-corrected chi connectivity index (χ4v) is 4.08. The quantitative estimate of drug-likeness (QED) is 0.422. The maximum atomic E-state index is 13.4. The number of nitrogens with zero attached hydrogens (tertiary/aromatic N) is 1. The van der Waals surface area contributed by atoms with Crippen molar-refractivity contribution in [3.63, 3.8) is 0 Å². The predicted molar refractivity (Wildman–Crippen MR) is 130 cm³/mol. The smallest absolute Gasteiger partial charge is 0.392 e. The fourth-order valence-electron chi connectivity index (χ4n) is 3.87. The van der Waals surface area contributed by atoms with E-state index in [9.17, 15) is 23.1 Å². The first-order chi connectivity index (χ1) is 15.5. The van der Waals surface area contributed by atoms with E-state index in [1.54, 1.807) is 17.6 Å². The van der Waals surface area contributed by atoms with Crippen molar-refractivity contribution in [2.45, 2.75) is 71.3 Å². The van der Waals surface area contributed by atoms with Gasteiger partial charge in [0.2, 0.25) is 5.91 Å². The minimum Gasteiger partial charge on any atom is -0.392 e. The lowest BCUT2D eigenvalue weighted by Gasteiger charge is -2.30. The van der Waals surface area contributed by atoms with Crippen LogP contribution < -0.4 is 5.32 Å². The van der Waals surface area contributed by atoms with E-state index in [-0.39, 0.29) is 23.0 Å². The Morgan fingerprint density at radius 2 is 1.65 bits per heavy atom. The van der Waals surface area contributed by atoms with Gasteiger partial charge in [-0.15, -0.1) is 0 Å². The van der Waals surface area contributed by atoms with E-state index < -0.39 is 28.8 Å². The van der Waals surface area contributed by atoms with Crippen molar-refractivity contribution in [2.24, 2.45) is 0 Å². The Kier molecular flexibility index (Phi) is 6.86. The number of rotatable bonds is 5. The van der Waals surface area contributed by atoms with Crippen molar-refractivity contribution < 1.29 is 23.1 Å². The molecule has 2 N–H and O–H groups in total. The second-order valence-electron chi connectivity index (χ2n) is 10.3. The Hall–Kier alpha value is -2.51. The molecule has 0 aliphatic heterocycles. The summed E-state index contributed by atoms with van der Waals surface area (Å²) in [6.45, 7) is 11.2. The van der Waals surface area contributed by atoms with Gasteiger partial charge in [-0.05, 0) is 83.5 Å². The molecule has 0 saturated carbocycles. The molecule has 0 aliphatic carbocycles. The fraction of sp³-hybridized carbons (Fsp3) is 0.423. The second-order valence-corrected chi connectivity index (χ2v) is 10.7. The Labute approximate surface area is 202 Å². The van der Waals surface area contributed by atoms with E-state index in [0.29, 0.717) is 5.69 Å². The van der Waals surface area contributed by atoms with Gasteiger partial charge in [-0.2, -0.15) is 13.2 Å². The number of nitrogens with one attached hydrogen (secondary N) is 1. The van der Waals surface area contributed by atoms with Crippen LogP contribution in [0.1, 0.15) is 52.7 Å². The van der Waals surface area contributed by atoms with Gasteiger partial charge in [0.25, 0.3) is 0 Å². The Morgan fingerprint density at radius 3 is 2.21 bits per heavy atom. The summed E-state index contributed by atoms with van der Waals surface area (Å²) in [6, 6.07) is 10.5. The van der Waals surface area contributed by atoms with Crippen LogP contribution in [0.25, 0.3) is 22.2 Å². The largest absolute Gasteiger partial charge is 0.416 e. The van der Waals surface area contributed by atoms with Gasteiger partial charge >= 0.3 is 6.18 Å². The highest BCUT2D eigenvalue weighted by Gasteiger charge is 2.33. The molecule has 0 radical (unpaired) electrons. The molecule has 3 aromatic rings. The van der Waals surface area contributed by atoms with Crippen molar-refractivity contribution in [1.29, 1.82) is 0 Å². The van der Waals surface area contributed by atoms with Crippen LogP contribution in [-0.4, -0.2) is 27.2 Å². The molecule has 0 spiro atoms. The lowest BCUT2D eigenvalue weighted by atomic mass is 9.82. The number of carbonyl (C=O) groups is 1. The molecule has 3 rings (SSSR count). The van der Waals surface area contributed by atoms with Crippen molar-refractivity contribution in [3.05, 3.63) is 58.6 Å². The number of hydrogen-bond acceptors (Lipinski definition) is 2. The molecule has 0 saturated heterocycles. The van der Waals surface area contributed by atoms with Gasteiger partial charge in [-0.1, -0.05) is 17.7 Å². The molecular formula is C26H30ClF3N2O2. The molecule has 34 heavy (non-hydrogen) atoms. The Balaban J connectivity index is 2.19. The Bertz CT molecular complexity index is 1220. The van der Waals surface area contributed by atoms with Gasteiger partial charge in [0.1, 0.15) is 0 Å². The Morgan fingerprint density at radius 1 is 1.03 bits per heavy atom. The third-order valence-corrected chi connectivity index (χ3v) is 6.03. The summed E-state index contributed by atoms with van der Waals surface area (Å²) in [5, 5.41) is 14.0. The molecule has 0 bridgehead atoms. The zero-order chi connectivity index (χ0) is 25.6. The monoisotopic (exact) mass is 494 g/mol. The molecule has 184 valence electrons. The number of carbonyl (C=O) groups excluding carboxylic acids is 1. The van der Waals surface area contributed by atoms with Crippen LogP contribution in [0, 0.1) is 0 Å². The van der Waals surface area contributed by atoms with Gasteiger partial charge < -0.3 is 15.0 Å². The third-order valence-electron chi connectivity index (χ3n) is 5.70. The van der Waals surface area contributed by atoms with Crippen LogP contribution in [0.5, 0.6) is 0 Å². The molecule has 1 aromatic heterocycles. The van der Waals surface area contributed by atoms with Gasteiger partial charge in [0, 0.05) is 33.6 Å². The van der Waals surface area contributed by atoms with E-state index in [4.69, 9.17) is 11.6 Å². The summed E-state index contributed by atoms with van der Waals surface area (Å²) in [6.07, 6.45) is -5.26. The van der Waals surface area contributed by atoms with Gasteiger partial charge in [0.15, 0.2) is 0 Å². The van der Waals surface area contributed by atoms with Crippen LogP contribution in [0.4, 0.5) is 13.2 Å². The molecular weight excluding hydrogens is 465 g/mol. The van der Waals surface area contributed by atoms with Crippen molar-refractivity contribution in [2.75, 3.05) is 0 Å². The normalized spacial score (nSPS) is 13.9. The maximum absolute atomic E-state index is 13.4. The first kappa shape index (κ1) is 26.1. The second kappa shape index (κ2) is 8.93. The van der Waals surface area contributed by atoms with Crippen LogP contribution in [0.15, 0.2) is 42.5 Å². The number of benzene rings is 2. The zero-order valence-electron chi connectivity index (χ0n) is 20.1. The molecule has 1 amide bonds. The number of alkyl halides is 3. The van der Waals surface area contributed by atoms with Crippen LogP contribution in [0.3, 0.4) is 0 Å².